The Labute approximate surface area is 158 Å². The van der Waals surface area contributed by atoms with Gasteiger partial charge >= 0.3 is 0 Å². The average Bonchev–Trinajstić information content (AvgIpc) is 2.68. The fourth-order valence-corrected chi connectivity index (χ4v) is 3.76. The van der Waals surface area contributed by atoms with E-state index in [2.05, 4.69) is 9.97 Å². The minimum atomic E-state index is -0.0177. The molecule has 1 unspecified atom stereocenters. The first-order valence-electron chi connectivity index (χ1n) is 9.36. The standard InChI is InChI=1S/C21H23N5O/c1-14-23-20(22)16-10-11-17(25-21(16)24-14)18-9-5-6-12-26(18)19(27)13-15-7-3-2-4-8-15/h2-4,7-8,10-11,18H,5-6,9,12-13H2,1H3,(H2,22,23,24,25). The normalized spacial score (nSPS) is 17.2. The molecule has 3 aromatic rings. The average molecular weight is 361 g/mol. The lowest BCUT2D eigenvalue weighted by Gasteiger charge is -2.35. The molecular formula is C21H23N5O. The van der Waals surface area contributed by atoms with Gasteiger partial charge in [0.25, 0.3) is 0 Å². The third kappa shape index (κ3) is 3.60. The van der Waals surface area contributed by atoms with Crippen LogP contribution in [0.1, 0.15) is 42.4 Å². The van der Waals surface area contributed by atoms with Crippen LogP contribution in [0.2, 0.25) is 0 Å². The highest BCUT2D eigenvalue weighted by molar-refractivity contribution is 5.85. The largest absolute Gasteiger partial charge is 0.383 e. The van der Waals surface area contributed by atoms with Gasteiger partial charge in [0.1, 0.15) is 11.6 Å². The van der Waals surface area contributed by atoms with Crippen LogP contribution >= 0.6 is 0 Å². The molecule has 2 N–H and O–H groups in total. The molecule has 4 rings (SSSR count). The molecule has 3 heterocycles. The van der Waals surface area contributed by atoms with Crippen molar-refractivity contribution in [2.45, 2.75) is 38.6 Å². The zero-order chi connectivity index (χ0) is 18.8. The minimum Gasteiger partial charge on any atom is -0.383 e. The van der Waals surface area contributed by atoms with E-state index in [-0.39, 0.29) is 11.9 Å². The SMILES string of the molecule is Cc1nc(N)c2ccc(C3CCCCN3C(=O)Cc3ccccc3)nc2n1. The van der Waals surface area contributed by atoms with Crippen LogP contribution in [0.5, 0.6) is 0 Å². The van der Waals surface area contributed by atoms with Gasteiger partial charge in [-0.15, -0.1) is 0 Å². The number of anilines is 1. The van der Waals surface area contributed by atoms with E-state index < -0.39 is 0 Å². The quantitative estimate of drug-likeness (QED) is 0.774. The number of amides is 1. The molecule has 1 aliphatic rings. The van der Waals surface area contributed by atoms with Gasteiger partial charge in [0.05, 0.1) is 23.5 Å². The van der Waals surface area contributed by atoms with Gasteiger partial charge in [0, 0.05) is 6.54 Å². The van der Waals surface area contributed by atoms with E-state index in [0.29, 0.717) is 23.7 Å². The summed E-state index contributed by atoms with van der Waals surface area (Å²) >= 11 is 0. The number of pyridine rings is 1. The summed E-state index contributed by atoms with van der Waals surface area (Å²) in [5.74, 6) is 1.19. The zero-order valence-electron chi connectivity index (χ0n) is 15.4. The Morgan fingerprint density at radius 3 is 2.74 bits per heavy atom. The van der Waals surface area contributed by atoms with E-state index in [1.54, 1.807) is 6.92 Å². The van der Waals surface area contributed by atoms with Crippen molar-refractivity contribution in [1.82, 2.24) is 19.9 Å². The van der Waals surface area contributed by atoms with Gasteiger partial charge in [-0.25, -0.2) is 15.0 Å². The molecule has 0 radical (unpaired) electrons. The monoisotopic (exact) mass is 361 g/mol. The molecule has 6 nitrogen and oxygen atoms in total. The summed E-state index contributed by atoms with van der Waals surface area (Å²) in [5.41, 5.74) is 8.50. The molecule has 1 atom stereocenters. The number of carbonyl (C=O) groups is 1. The van der Waals surface area contributed by atoms with Crippen LogP contribution in [0.15, 0.2) is 42.5 Å². The van der Waals surface area contributed by atoms with Gasteiger partial charge in [0.2, 0.25) is 5.91 Å². The van der Waals surface area contributed by atoms with Crippen LogP contribution in [0.4, 0.5) is 5.82 Å². The van der Waals surface area contributed by atoms with Crippen LogP contribution in [-0.4, -0.2) is 32.3 Å². The predicted molar refractivity (Wildman–Crippen MR) is 105 cm³/mol. The van der Waals surface area contributed by atoms with Crippen molar-refractivity contribution >= 4 is 22.8 Å². The van der Waals surface area contributed by atoms with E-state index in [1.165, 1.54) is 0 Å². The highest BCUT2D eigenvalue weighted by atomic mass is 16.2. The Balaban J connectivity index is 1.64. The number of aryl methyl sites for hydroxylation is 1. The van der Waals surface area contributed by atoms with E-state index >= 15 is 0 Å². The number of fused-ring (bicyclic) bond motifs is 1. The topological polar surface area (TPSA) is 85.0 Å². The fraction of sp³-hybridized carbons (Fsp3) is 0.333. The Kier molecular flexibility index (Phi) is 4.71. The maximum Gasteiger partial charge on any atom is 0.227 e. The van der Waals surface area contributed by atoms with Crippen LogP contribution in [0.25, 0.3) is 11.0 Å². The van der Waals surface area contributed by atoms with Crippen LogP contribution in [-0.2, 0) is 11.2 Å². The molecule has 2 aromatic heterocycles. The number of carbonyl (C=O) groups excluding carboxylic acids is 1. The second-order valence-electron chi connectivity index (χ2n) is 7.02. The summed E-state index contributed by atoms with van der Waals surface area (Å²) in [6.45, 7) is 2.57. The highest BCUT2D eigenvalue weighted by Gasteiger charge is 2.29. The number of hydrogen-bond acceptors (Lipinski definition) is 5. The molecule has 1 aromatic carbocycles. The van der Waals surface area contributed by atoms with Crippen molar-refractivity contribution in [1.29, 1.82) is 0 Å². The van der Waals surface area contributed by atoms with Crippen LogP contribution in [0, 0.1) is 6.92 Å². The number of nitrogens with zero attached hydrogens (tertiary/aromatic N) is 4. The lowest BCUT2D eigenvalue weighted by molar-refractivity contribution is -0.134. The van der Waals surface area contributed by atoms with Gasteiger partial charge in [-0.05, 0) is 43.9 Å². The van der Waals surface area contributed by atoms with Crippen LogP contribution in [0.3, 0.4) is 0 Å². The number of benzene rings is 1. The predicted octanol–water partition coefficient (Wildman–Crippen LogP) is 3.21. The van der Waals surface area contributed by atoms with Gasteiger partial charge in [-0.1, -0.05) is 30.3 Å². The maximum atomic E-state index is 13.0. The van der Waals surface area contributed by atoms with Gasteiger partial charge in [-0.2, -0.15) is 0 Å². The summed E-state index contributed by atoms with van der Waals surface area (Å²) in [7, 11) is 0. The number of piperidine rings is 1. The molecule has 0 spiro atoms. The molecule has 1 amide bonds. The van der Waals surface area contributed by atoms with Crippen molar-refractivity contribution in [2.24, 2.45) is 0 Å². The molecule has 0 saturated carbocycles. The van der Waals surface area contributed by atoms with Crippen molar-refractivity contribution in [3.8, 4) is 0 Å². The molecule has 138 valence electrons. The smallest absolute Gasteiger partial charge is 0.227 e. The summed E-state index contributed by atoms with van der Waals surface area (Å²) in [6, 6.07) is 13.7. The summed E-state index contributed by atoms with van der Waals surface area (Å²) in [5, 5.41) is 0.752. The lowest BCUT2D eigenvalue weighted by Crippen LogP contribution is -2.39. The molecule has 0 bridgehead atoms. The van der Waals surface area contributed by atoms with Gasteiger partial charge in [-0.3, -0.25) is 4.79 Å². The van der Waals surface area contributed by atoms with E-state index in [4.69, 9.17) is 10.7 Å². The van der Waals surface area contributed by atoms with Gasteiger partial charge < -0.3 is 10.6 Å². The Bertz CT molecular complexity index is 973. The molecule has 0 aliphatic carbocycles. The van der Waals surface area contributed by atoms with Crippen molar-refractivity contribution < 1.29 is 4.79 Å². The molecule has 6 heteroatoms. The number of aromatic nitrogens is 3. The lowest BCUT2D eigenvalue weighted by atomic mass is 9.97. The fourth-order valence-electron chi connectivity index (χ4n) is 3.76. The first-order valence-corrected chi connectivity index (χ1v) is 9.36. The van der Waals surface area contributed by atoms with E-state index in [9.17, 15) is 4.79 Å². The first-order chi connectivity index (χ1) is 13.1. The summed E-state index contributed by atoms with van der Waals surface area (Å²) < 4.78 is 0. The summed E-state index contributed by atoms with van der Waals surface area (Å²) in [4.78, 5) is 28.3. The number of nitrogens with two attached hydrogens (primary N) is 1. The molecule has 1 aliphatic heterocycles. The van der Waals surface area contributed by atoms with E-state index in [1.807, 2.05) is 47.4 Å². The van der Waals surface area contributed by atoms with Crippen molar-refractivity contribution in [3.05, 3.63) is 59.5 Å². The van der Waals surface area contributed by atoms with Crippen molar-refractivity contribution in [3.63, 3.8) is 0 Å². The minimum absolute atomic E-state index is 0.0177. The zero-order valence-corrected chi connectivity index (χ0v) is 15.4. The number of hydrogen-bond donors (Lipinski definition) is 1. The number of likely N-dealkylation sites (tertiary alicyclic amines) is 1. The Hall–Kier alpha value is -3.02. The molecule has 27 heavy (non-hydrogen) atoms. The Morgan fingerprint density at radius 2 is 1.93 bits per heavy atom. The molecular weight excluding hydrogens is 338 g/mol. The molecule has 1 saturated heterocycles. The maximum absolute atomic E-state index is 13.0. The second kappa shape index (κ2) is 7.31. The highest BCUT2D eigenvalue weighted by Crippen LogP contribution is 2.31. The van der Waals surface area contributed by atoms with E-state index in [0.717, 1.165) is 42.5 Å². The third-order valence-electron chi connectivity index (χ3n) is 5.09. The second-order valence-corrected chi connectivity index (χ2v) is 7.02. The first kappa shape index (κ1) is 17.4. The molecule has 1 fully saturated rings. The Morgan fingerprint density at radius 1 is 1.11 bits per heavy atom. The number of nitrogen functional groups attached to an aromatic ring is 1. The van der Waals surface area contributed by atoms with Crippen molar-refractivity contribution in [2.75, 3.05) is 12.3 Å². The van der Waals surface area contributed by atoms with Crippen LogP contribution < -0.4 is 5.73 Å². The summed E-state index contributed by atoms with van der Waals surface area (Å²) in [6.07, 6.45) is 3.45. The number of rotatable bonds is 3. The third-order valence-corrected chi connectivity index (χ3v) is 5.09. The van der Waals surface area contributed by atoms with Gasteiger partial charge in [0.15, 0.2) is 5.65 Å².